The summed E-state index contributed by atoms with van der Waals surface area (Å²) in [5, 5.41) is 5.58. The number of anilines is 1. The molecule has 2 aromatic rings. The van der Waals surface area contributed by atoms with Gasteiger partial charge >= 0.3 is 0 Å². The molecular formula is C21H24FN3O2. The standard InChI is InChI=1S/C21H24FN3O2/c22-18-8-4-5-9-19(18)24-20(26)15-25-12-10-17(11-13-25)21(27)23-14-16-6-2-1-3-7-16/h1-9,17H,10-15H2,(H,23,27)(H,24,26). The van der Waals surface area contributed by atoms with Crippen LogP contribution in [0.3, 0.4) is 0 Å². The van der Waals surface area contributed by atoms with Gasteiger partial charge in [-0.15, -0.1) is 0 Å². The summed E-state index contributed by atoms with van der Waals surface area (Å²) < 4.78 is 13.6. The average Bonchev–Trinajstić information content (AvgIpc) is 2.69. The fourth-order valence-electron chi connectivity index (χ4n) is 3.24. The number of hydrogen-bond donors (Lipinski definition) is 2. The minimum atomic E-state index is -0.445. The fourth-order valence-corrected chi connectivity index (χ4v) is 3.24. The Morgan fingerprint density at radius 1 is 1.00 bits per heavy atom. The Balaban J connectivity index is 1.40. The van der Waals surface area contributed by atoms with Gasteiger partial charge in [-0.05, 0) is 43.6 Å². The molecule has 0 spiro atoms. The number of hydrogen-bond acceptors (Lipinski definition) is 3. The van der Waals surface area contributed by atoms with E-state index in [4.69, 9.17) is 0 Å². The molecule has 0 aromatic heterocycles. The Hall–Kier alpha value is -2.73. The van der Waals surface area contributed by atoms with E-state index >= 15 is 0 Å². The predicted molar refractivity (Wildman–Crippen MR) is 102 cm³/mol. The van der Waals surface area contributed by atoms with Gasteiger partial charge in [0.2, 0.25) is 11.8 Å². The molecule has 0 radical (unpaired) electrons. The number of amides is 2. The van der Waals surface area contributed by atoms with Crippen LogP contribution in [0.15, 0.2) is 54.6 Å². The lowest BCUT2D eigenvalue weighted by atomic mass is 9.96. The van der Waals surface area contributed by atoms with Gasteiger partial charge in [0.25, 0.3) is 0 Å². The molecule has 27 heavy (non-hydrogen) atoms. The first kappa shape index (κ1) is 19.0. The summed E-state index contributed by atoms with van der Waals surface area (Å²) in [4.78, 5) is 26.4. The molecule has 1 saturated heterocycles. The van der Waals surface area contributed by atoms with Gasteiger partial charge in [0, 0.05) is 12.5 Å². The summed E-state index contributed by atoms with van der Waals surface area (Å²) in [6.07, 6.45) is 1.43. The van der Waals surface area contributed by atoms with E-state index in [1.54, 1.807) is 12.1 Å². The molecule has 1 fully saturated rings. The third-order valence-electron chi connectivity index (χ3n) is 4.78. The van der Waals surface area contributed by atoms with Crippen LogP contribution in [0.1, 0.15) is 18.4 Å². The molecule has 1 aliphatic rings. The highest BCUT2D eigenvalue weighted by Gasteiger charge is 2.25. The number of benzene rings is 2. The molecule has 0 aliphatic carbocycles. The van der Waals surface area contributed by atoms with Crippen LogP contribution in [-0.4, -0.2) is 36.3 Å². The summed E-state index contributed by atoms with van der Waals surface area (Å²) in [7, 11) is 0. The van der Waals surface area contributed by atoms with Crippen molar-refractivity contribution in [3.63, 3.8) is 0 Å². The van der Waals surface area contributed by atoms with Crippen molar-refractivity contribution in [2.45, 2.75) is 19.4 Å². The Bertz CT molecular complexity index is 774. The van der Waals surface area contributed by atoms with E-state index in [2.05, 4.69) is 10.6 Å². The van der Waals surface area contributed by atoms with E-state index in [0.717, 1.165) is 5.56 Å². The maximum absolute atomic E-state index is 13.6. The highest BCUT2D eigenvalue weighted by atomic mass is 19.1. The summed E-state index contributed by atoms with van der Waals surface area (Å²) in [6, 6.07) is 15.9. The molecule has 2 amide bonds. The second-order valence-electron chi connectivity index (χ2n) is 6.78. The van der Waals surface area contributed by atoms with Crippen molar-refractivity contribution in [1.82, 2.24) is 10.2 Å². The van der Waals surface area contributed by atoms with Gasteiger partial charge in [0.1, 0.15) is 5.82 Å². The van der Waals surface area contributed by atoms with Crippen LogP contribution in [0.2, 0.25) is 0 Å². The molecule has 0 atom stereocenters. The van der Waals surface area contributed by atoms with E-state index in [9.17, 15) is 14.0 Å². The normalized spacial score (nSPS) is 15.3. The van der Waals surface area contributed by atoms with Crippen LogP contribution in [0.4, 0.5) is 10.1 Å². The minimum absolute atomic E-state index is 0.0282. The zero-order valence-electron chi connectivity index (χ0n) is 15.2. The summed E-state index contributed by atoms with van der Waals surface area (Å²) in [5.41, 5.74) is 1.27. The first-order chi connectivity index (χ1) is 13.1. The van der Waals surface area contributed by atoms with Crippen LogP contribution >= 0.6 is 0 Å². The molecule has 3 rings (SSSR count). The second-order valence-corrected chi connectivity index (χ2v) is 6.78. The van der Waals surface area contributed by atoms with Crippen LogP contribution in [0.5, 0.6) is 0 Å². The molecule has 142 valence electrons. The van der Waals surface area contributed by atoms with E-state index in [1.165, 1.54) is 12.1 Å². The molecule has 1 heterocycles. The highest BCUT2D eigenvalue weighted by Crippen LogP contribution is 2.18. The van der Waals surface area contributed by atoms with Crippen LogP contribution < -0.4 is 10.6 Å². The molecular weight excluding hydrogens is 345 g/mol. The quantitative estimate of drug-likeness (QED) is 0.823. The summed E-state index contributed by atoms with van der Waals surface area (Å²) in [5.74, 6) is -0.652. The fraction of sp³-hybridized carbons (Fsp3) is 0.333. The van der Waals surface area contributed by atoms with Crippen molar-refractivity contribution >= 4 is 17.5 Å². The Morgan fingerprint density at radius 2 is 1.67 bits per heavy atom. The largest absolute Gasteiger partial charge is 0.352 e. The molecule has 0 unspecified atom stereocenters. The number of halogens is 1. The third-order valence-corrected chi connectivity index (χ3v) is 4.78. The topological polar surface area (TPSA) is 61.4 Å². The van der Waals surface area contributed by atoms with Gasteiger partial charge in [-0.1, -0.05) is 42.5 Å². The third kappa shape index (κ3) is 5.62. The summed E-state index contributed by atoms with van der Waals surface area (Å²) >= 11 is 0. The van der Waals surface area contributed by atoms with E-state index in [-0.39, 0.29) is 30.0 Å². The number of nitrogens with zero attached hydrogens (tertiary/aromatic N) is 1. The first-order valence-electron chi connectivity index (χ1n) is 9.20. The Morgan fingerprint density at radius 3 is 2.37 bits per heavy atom. The number of carbonyl (C=O) groups excluding carboxylic acids is 2. The first-order valence-corrected chi connectivity index (χ1v) is 9.20. The van der Waals surface area contributed by atoms with Crippen molar-refractivity contribution < 1.29 is 14.0 Å². The lowest BCUT2D eigenvalue weighted by Gasteiger charge is -2.30. The maximum atomic E-state index is 13.6. The van der Waals surface area contributed by atoms with Gasteiger partial charge in [0.15, 0.2) is 0 Å². The van der Waals surface area contributed by atoms with Crippen molar-refractivity contribution in [2.75, 3.05) is 25.0 Å². The van der Waals surface area contributed by atoms with E-state index in [1.807, 2.05) is 35.2 Å². The molecule has 5 nitrogen and oxygen atoms in total. The highest BCUT2D eigenvalue weighted by molar-refractivity contribution is 5.92. The van der Waals surface area contributed by atoms with Gasteiger partial charge in [-0.2, -0.15) is 0 Å². The SMILES string of the molecule is O=C(CN1CCC(C(=O)NCc2ccccc2)CC1)Nc1ccccc1F. The summed E-state index contributed by atoms with van der Waals surface area (Å²) in [6.45, 7) is 2.08. The van der Waals surface area contributed by atoms with E-state index in [0.29, 0.717) is 32.5 Å². The van der Waals surface area contributed by atoms with Crippen molar-refractivity contribution in [1.29, 1.82) is 0 Å². The Labute approximate surface area is 158 Å². The van der Waals surface area contributed by atoms with Gasteiger partial charge in [0.05, 0.1) is 12.2 Å². The predicted octanol–water partition coefficient (Wildman–Crippen LogP) is 2.79. The number of para-hydroxylation sites is 1. The maximum Gasteiger partial charge on any atom is 0.238 e. The number of rotatable bonds is 6. The zero-order valence-corrected chi connectivity index (χ0v) is 15.2. The molecule has 0 bridgehead atoms. The van der Waals surface area contributed by atoms with E-state index < -0.39 is 5.82 Å². The number of likely N-dealkylation sites (tertiary alicyclic amines) is 1. The van der Waals surface area contributed by atoms with Crippen LogP contribution in [0.25, 0.3) is 0 Å². The number of nitrogens with one attached hydrogen (secondary N) is 2. The average molecular weight is 369 g/mol. The lowest BCUT2D eigenvalue weighted by Crippen LogP contribution is -2.43. The lowest BCUT2D eigenvalue weighted by molar-refractivity contribution is -0.126. The molecule has 0 saturated carbocycles. The zero-order chi connectivity index (χ0) is 19.1. The number of piperidine rings is 1. The number of carbonyl (C=O) groups is 2. The van der Waals surface area contributed by atoms with Crippen molar-refractivity contribution in [3.8, 4) is 0 Å². The molecule has 6 heteroatoms. The smallest absolute Gasteiger partial charge is 0.238 e. The monoisotopic (exact) mass is 369 g/mol. The molecule has 2 N–H and O–H groups in total. The van der Waals surface area contributed by atoms with Crippen molar-refractivity contribution in [2.24, 2.45) is 5.92 Å². The van der Waals surface area contributed by atoms with Gasteiger partial charge in [-0.3, -0.25) is 14.5 Å². The molecule has 1 aliphatic heterocycles. The van der Waals surface area contributed by atoms with Crippen LogP contribution in [0, 0.1) is 11.7 Å². The van der Waals surface area contributed by atoms with Crippen LogP contribution in [-0.2, 0) is 16.1 Å². The second kappa shape index (κ2) is 9.28. The Kier molecular flexibility index (Phi) is 6.54. The van der Waals surface area contributed by atoms with Gasteiger partial charge in [-0.25, -0.2) is 4.39 Å². The van der Waals surface area contributed by atoms with Crippen molar-refractivity contribution in [3.05, 3.63) is 66.0 Å². The minimum Gasteiger partial charge on any atom is -0.352 e. The van der Waals surface area contributed by atoms with Gasteiger partial charge < -0.3 is 10.6 Å². The molecule has 2 aromatic carbocycles.